The highest BCUT2D eigenvalue weighted by Gasteiger charge is 2.33. The molecule has 0 radical (unpaired) electrons. The zero-order valence-corrected chi connectivity index (χ0v) is 10.3. The van der Waals surface area contributed by atoms with Crippen LogP contribution in [0.4, 0.5) is 4.79 Å². The first-order valence-electron chi connectivity index (χ1n) is 6.49. The summed E-state index contributed by atoms with van der Waals surface area (Å²) in [4.78, 5) is 24.4. The number of hydrogen-bond acceptors (Lipinski definition) is 3. The van der Waals surface area contributed by atoms with E-state index in [1.165, 1.54) is 12.8 Å². The quantitative estimate of drug-likeness (QED) is 0.676. The lowest BCUT2D eigenvalue weighted by Gasteiger charge is -2.41. The minimum absolute atomic E-state index is 0.368. The fourth-order valence-electron chi connectivity index (χ4n) is 3.02. The zero-order valence-electron chi connectivity index (χ0n) is 10.3. The Balaban J connectivity index is 1.91. The molecule has 2 aliphatic rings. The number of hydrogen-bond donors (Lipinski definition) is 3. The summed E-state index contributed by atoms with van der Waals surface area (Å²) >= 11 is 0. The summed E-state index contributed by atoms with van der Waals surface area (Å²) in [6, 6.07) is -1.58. The Hall–Kier alpha value is -1.30. The maximum Gasteiger partial charge on any atom is 0.328 e. The number of amides is 2. The van der Waals surface area contributed by atoms with E-state index in [2.05, 4.69) is 5.32 Å². The van der Waals surface area contributed by atoms with Gasteiger partial charge in [-0.2, -0.15) is 0 Å². The zero-order chi connectivity index (χ0) is 13.1. The van der Waals surface area contributed by atoms with Crippen LogP contribution in [0.1, 0.15) is 25.7 Å². The van der Waals surface area contributed by atoms with E-state index in [-0.39, 0.29) is 6.03 Å². The first-order valence-corrected chi connectivity index (χ1v) is 6.49. The summed E-state index contributed by atoms with van der Waals surface area (Å²) in [5.41, 5.74) is 0. The second kappa shape index (κ2) is 5.56. The first kappa shape index (κ1) is 13.1. The van der Waals surface area contributed by atoms with Crippen molar-refractivity contribution in [2.45, 2.75) is 31.7 Å². The van der Waals surface area contributed by atoms with Gasteiger partial charge in [-0.3, -0.25) is 0 Å². The van der Waals surface area contributed by atoms with Gasteiger partial charge < -0.3 is 20.4 Å². The third-order valence-corrected chi connectivity index (χ3v) is 3.91. The molecule has 2 bridgehead atoms. The maximum atomic E-state index is 11.9. The number of aliphatic hydroxyl groups is 1. The number of aliphatic carboxylic acids is 1. The van der Waals surface area contributed by atoms with Crippen molar-refractivity contribution in [3.05, 3.63) is 0 Å². The fraction of sp³-hybridized carbons (Fsp3) is 0.833. The molecule has 3 unspecified atom stereocenters. The van der Waals surface area contributed by atoms with Crippen LogP contribution in [0.5, 0.6) is 0 Å². The summed E-state index contributed by atoms with van der Waals surface area (Å²) < 4.78 is 0. The molecule has 102 valence electrons. The van der Waals surface area contributed by atoms with Gasteiger partial charge >= 0.3 is 12.0 Å². The van der Waals surface area contributed by atoms with Crippen molar-refractivity contribution >= 4 is 12.0 Å². The third kappa shape index (κ3) is 2.93. The fourth-order valence-corrected chi connectivity index (χ4v) is 3.02. The van der Waals surface area contributed by atoms with Crippen molar-refractivity contribution in [3.8, 4) is 0 Å². The van der Waals surface area contributed by atoms with Gasteiger partial charge in [0.05, 0.1) is 6.61 Å². The van der Waals surface area contributed by atoms with Crippen LogP contribution >= 0.6 is 0 Å². The molecule has 0 aromatic heterocycles. The van der Waals surface area contributed by atoms with Gasteiger partial charge in [0.2, 0.25) is 0 Å². The molecule has 1 aliphatic heterocycles. The number of carbonyl (C=O) groups is 2. The Morgan fingerprint density at radius 3 is 2.39 bits per heavy atom. The van der Waals surface area contributed by atoms with Crippen LogP contribution in [0.2, 0.25) is 0 Å². The third-order valence-electron chi connectivity index (χ3n) is 3.91. The van der Waals surface area contributed by atoms with Gasteiger partial charge in [0.1, 0.15) is 0 Å². The lowest BCUT2D eigenvalue weighted by molar-refractivity contribution is -0.140. The van der Waals surface area contributed by atoms with E-state index in [4.69, 9.17) is 10.2 Å². The molecule has 2 fully saturated rings. The molecule has 6 nitrogen and oxygen atoms in total. The van der Waals surface area contributed by atoms with Crippen LogP contribution in [-0.4, -0.2) is 52.9 Å². The average molecular weight is 256 g/mol. The van der Waals surface area contributed by atoms with Gasteiger partial charge in [0.25, 0.3) is 0 Å². The molecule has 3 N–H and O–H groups in total. The molecule has 2 amide bonds. The molecule has 18 heavy (non-hydrogen) atoms. The predicted octanol–water partition coefficient (Wildman–Crippen LogP) is 0.263. The number of aliphatic hydroxyl groups excluding tert-OH is 1. The Bertz CT molecular complexity index is 322. The Morgan fingerprint density at radius 2 is 1.89 bits per heavy atom. The highest BCUT2D eigenvalue weighted by molar-refractivity contribution is 5.82. The molecular formula is C12H20N2O4. The lowest BCUT2D eigenvalue weighted by atomic mass is 9.78. The Labute approximate surface area is 106 Å². The van der Waals surface area contributed by atoms with Gasteiger partial charge in [-0.1, -0.05) is 6.42 Å². The van der Waals surface area contributed by atoms with Crippen LogP contribution < -0.4 is 5.32 Å². The number of nitrogens with zero attached hydrogens (tertiary/aromatic N) is 1. The van der Waals surface area contributed by atoms with Gasteiger partial charge in [-0.25, -0.2) is 9.59 Å². The summed E-state index contributed by atoms with van der Waals surface area (Å²) in [6.07, 6.45) is 4.73. The second-order valence-electron chi connectivity index (χ2n) is 5.33. The summed E-state index contributed by atoms with van der Waals surface area (Å²) in [5, 5.41) is 20.0. The average Bonchev–Trinajstić information content (AvgIpc) is 2.34. The molecule has 0 spiro atoms. The van der Waals surface area contributed by atoms with Crippen LogP contribution in [0, 0.1) is 11.8 Å². The number of likely N-dealkylation sites (tertiary alicyclic amines) is 1. The number of rotatable bonds is 3. The van der Waals surface area contributed by atoms with Crippen LogP contribution in [0.15, 0.2) is 0 Å². The number of urea groups is 1. The van der Waals surface area contributed by atoms with Crippen LogP contribution in [0.25, 0.3) is 0 Å². The standard InChI is InChI=1S/C12H20N2O4/c15-7-10(11(16)17)13-12(18)14-5-8-2-1-3-9(4-8)6-14/h8-10,15H,1-7H2,(H,13,18)(H,16,17). The van der Waals surface area contributed by atoms with E-state index in [1.807, 2.05) is 0 Å². The number of carboxylic acid groups (broad SMARTS) is 1. The van der Waals surface area contributed by atoms with E-state index in [9.17, 15) is 9.59 Å². The molecular weight excluding hydrogens is 236 g/mol. The maximum absolute atomic E-state index is 11.9. The second-order valence-corrected chi connectivity index (χ2v) is 5.33. The number of nitrogens with one attached hydrogen (secondary N) is 1. The van der Waals surface area contributed by atoms with Crippen molar-refractivity contribution in [1.82, 2.24) is 10.2 Å². The topological polar surface area (TPSA) is 89.9 Å². The highest BCUT2D eigenvalue weighted by atomic mass is 16.4. The molecule has 2 rings (SSSR count). The smallest absolute Gasteiger partial charge is 0.328 e. The van der Waals surface area contributed by atoms with E-state index in [0.717, 1.165) is 12.8 Å². The van der Waals surface area contributed by atoms with Crippen molar-refractivity contribution < 1.29 is 19.8 Å². The van der Waals surface area contributed by atoms with Crippen molar-refractivity contribution in [2.24, 2.45) is 11.8 Å². The summed E-state index contributed by atoms with van der Waals surface area (Å²) in [5.74, 6) is -0.0932. The predicted molar refractivity (Wildman–Crippen MR) is 64.1 cm³/mol. The molecule has 1 heterocycles. The first-order chi connectivity index (χ1) is 8.60. The number of fused-ring (bicyclic) bond motifs is 2. The normalized spacial score (nSPS) is 28.6. The lowest BCUT2D eigenvalue weighted by Crippen LogP contribution is -2.54. The van der Waals surface area contributed by atoms with E-state index in [0.29, 0.717) is 24.9 Å². The van der Waals surface area contributed by atoms with E-state index >= 15 is 0 Å². The molecule has 1 saturated carbocycles. The number of piperidine rings is 1. The van der Waals surface area contributed by atoms with Gasteiger partial charge in [-0.15, -0.1) is 0 Å². The van der Waals surface area contributed by atoms with Gasteiger partial charge in [0, 0.05) is 13.1 Å². The van der Waals surface area contributed by atoms with Gasteiger partial charge in [0.15, 0.2) is 6.04 Å². The minimum atomic E-state index is -1.21. The van der Waals surface area contributed by atoms with E-state index in [1.54, 1.807) is 4.90 Å². The van der Waals surface area contributed by atoms with Crippen LogP contribution in [-0.2, 0) is 4.79 Å². The Kier molecular flexibility index (Phi) is 4.06. The molecule has 1 aliphatic carbocycles. The molecule has 1 saturated heterocycles. The molecule has 3 atom stereocenters. The summed E-state index contributed by atoms with van der Waals surface area (Å²) in [6.45, 7) is 0.835. The van der Waals surface area contributed by atoms with Gasteiger partial charge in [-0.05, 0) is 31.1 Å². The largest absolute Gasteiger partial charge is 0.480 e. The van der Waals surface area contributed by atoms with E-state index < -0.39 is 18.6 Å². The van der Waals surface area contributed by atoms with Crippen molar-refractivity contribution in [2.75, 3.05) is 19.7 Å². The van der Waals surface area contributed by atoms with Crippen molar-refractivity contribution in [3.63, 3.8) is 0 Å². The highest BCUT2D eigenvalue weighted by Crippen LogP contribution is 2.34. The summed E-state index contributed by atoms with van der Waals surface area (Å²) in [7, 11) is 0. The monoisotopic (exact) mass is 256 g/mol. The van der Waals surface area contributed by atoms with Crippen LogP contribution in [0.3, 0.4) is 0 Å². The SMILES string of the molecule is O=C(O)C(CO)NC(=O)N1CC2CCCC(C2)C1. The number of carbonyl (C=O) groups excluding carboxylic acids is 1. The Morgan fingerprint density at radius 1 is 1.28 bits per heavy atom. The molecule has 6 heteroatoms. The number of carboxylic acids is 1. The minimum Gasteiger partial charge on any atom is -0.480 e. The molecule has 0 aromatic rings. The van der Waals surface area contributed by atoms with Crippen molar-refractivity contribution in [1.29, 1.82) is 0 Å². The molecule has 0 aromatic carbocycles.